The van der Waals surface area contributed by atoms with Crippen LogP contribution in [0.25, 0.3) is 0 Å². The number of carbonyl (C=O) groups is 8. The molecule has 0 saturated heterocycles. The van der Waals surface area contributed by atoms with Crippen LogP contribution in [0.3, 0.4) is 0 Å². The summed E-state index contributed by atoms with van der Waals surface area (Å²) in [7, 11) is 0. The first-order valence-corrected chi connectivity index (χ1v) is 33.1. The van der Waals surface area contributed by atoms with E-state index in [1.54, 1.807) is 13.8 Å². The van der Waals surface area contributed by atoms with E-state index in [4.69, 9.17) is 58.0 Å². The molecule has 0 rings (SSSR count). The van der Waals surface area contributed by atoms with E-state index in [0.717, 1.165) is 0 Å². The van der Waals surface area contributed by atoms with Crippen molar-refractivity contribution in [2.75, 3.05) is 164 Å². The summed E-state index contributed by atoms with van der Waals surface area (Å²) in [6.45, 7) is 4.51. The molecule has 0 saturated carbocycles. The third kappa shape index (κ3) is 40.8. The lowest BCUT2D eigenvalue weighted by molar-refractivity contribution is -0.170. The van der Waals surface area contributed by atoms with Crippen LogP contribution in [0.5, 0.6) is 0 Å². The van der Waals surface area contributed by atoms with Crippen molar-refractivity contribution in [3.8, 4) is 0 Å². The average molecular weight is 1290 g/mol. The molecule has 0 aliphatic heterocycles. The molecule has 0 amide bonds. The molecule has 478 valence electrons. The van der Waals surface area contributed by atoms with Gasteiger partial charge in [0.1, 0.15) is 52.9 Å². The maximum atomic E-state index is 13.5. The topological polar surface area (TPSA) is 316 Å². The number of hydrogen-bond acceptors (Lipinski definition) is 29. The fourth-order valence-electron chi connectivity index (χ4n) is 6.75. The summed E-state index contributed by atoms with van der Waals surface area (Å²) in [4.78, 5) is 104. The van der Waals surface area contributed by atoms with Gasteiger partial charge >= 0.3 is 47.8 Å². The normalized spacial score (nSPS) is 13.3. The molecule has 0 bridgehead atoms. The Morgan fingerprint density at radius 2 is 0.720 bits per heavy atom. The van der Waals surface area contributed by atoms with Crippen LogP contribution < -0.4 is 5.32 Å². The van der Waals surface area contributed by atoms with Crippen LogP contribution in [0.15, 0.2) is 0 Å². The first kappa shape index (κ1) is 79.6. The zero-order valence-electron chi connectivity index (χ0n) is 48.2. The molecule has 23 nitrogen and oxygen atoms in total. The van der Waals surface area contributed by atoms with Crippen molar-refractivity contribution in [3.05, 3.63) is 0 Å². The number of thiol groups is 3. The van der Waals surface area contributed by atoms with E-state index in [1.807, 2.05) is 11.8 Å². The second kappa shape index (κ2) is 50.7. The number of hydrogen-bond donors (Lipinski definition) is 8. The van der Waals surface area contributed by atoms with E-state index in [2.05, 4.69) is 43.2 Å². The number of nitrogens with one attached hydrogen (secondary N) is 1. The van der Waals surface area contributed by atoms with Crippen LogP contribution in [0.2, 0.25) is 0 Å². The zero-order chi connectivity index (χ0) is 61.3. The van der Waals surface area contributed by atoms with Gasteiger partial charge in [-0.05, 0) is 25.0 Å². The van der Waals surface area contributed by atoms with Gasteiger partial charge in [-0.25, -0.2) is 0 Å². The molecule has 82 heavy (non-hydrogen) atoms. The maximum Gasteiger partial charge on any atom is 0.307 e. The maximum absolute atomic E-state index is 13.5. The summed E-state index contributed by atoms with van der Waals surface area (Å²) >= 11 is 16.5. The summed E-state index contributed by atoms with van der Waals surface area (Å²) in [6, 6.07) is 0. The van der Waals surface area contributed by atoms with Gasteiger partial charge in [0, 0.05) is 85.2 Å². The van der Waals surface area contributed by atoms with Crippen LogP contribution in [-0.4, -0.2) is 243 Å². The zero-order valence-corrected chi connectivity index (χ0v) is 53.3. The van der Waals surface area contributed by atoms with Crippen LogP contribution in [0.1, 0.15) is 97.8 Å². The molecule has 0 radical (unpaired) electrons. The van der Waals surface area contributed by atoms with E-state index in [9.17, 15) is 43.5 Å². The van der Waals surface area contributed by atoms with Crippen molar-refractivity contribution in [3.63, 3.8) is 0 Å². The Hall–Kier alpha value is -2.42. The van der Waals surface area contributed by atoms with Crippen molar-refractivity contribution < 1.29 is 101 Å². The van der Waals surface area contributed by atoms with Crippen molar-refractivity contribution in [2.45, 2.75) is 104 Å². The molecule has 0 aromatic rings. The molecule has 0 aliphatic carbocycles. The third-order valence-corrected chi connectivity index (χ3v) is 16.2. The molecule has 5 N–H and O–H groups in total. The summed E-state index contributed by atoms with van der Waals surface area (Å²) in [5.74, 6) is -0.775. The average Bonchev–Trinajstić information content (AvgIpc) is 3.51. The van der Waals surface area contributed by atoms with Crippen molar-refractivity contribution in [2.24, 2.45) is 16.2 Å². The molecule has 3 atom stereocenters. The van der Waals surface area contributed by atoms with Gasteiger partial charge in [0.15, 0.2) is 6.29 Å². The highest BCUT2D eigenvalue weighted by atomic mass is 32.2. The molecule has 0 spiro atoms. The molecule has 29 heteroatoms. The fourth-order valence-corrected chi connectivity index (χ4v) is 9.29. The second-order valence-corrected chi connectivity index (χ2v) is 24.2. The quantitative estimate of drug-likeness (QED) is 0.0143. The van der Waals surface area contributed by atoms with E-state index in [-0.39, 0.29) is 187 Å². The minimum absolute atomic E-state index is 0.00789. The Morgan fingerprint density at radius 3 is 1.05 bits per heavy atom. The van der Waals surface area contributed by atoms with E-state index in [1.165, 1.54) is 35.3 Å². The summed E-state index contributed by atoms with van der Waals surface area (Å²) in [5.41, 5.74) is -3.12. The highest BCUT2D eigenvalue weighted by Gasteiger charge is 2.37. The molecular weight excluding hydrogens is 1190 g/mol. The summed E-state index contributed by atoms with van der Waals surface area (Å²) in [5, 5.41) is 41.0. The Kier molecular flexibility index (Phi) is 49.2. The number of carbonyl (C=O) groups excluding carboxylic acids is 8. The number of thioether (sulfide) groups is 3. The number of ether oxygens (including phenoxy) is 9. The van der Waals surface area contributed by atoms with E-state index < -0.39 is 70.3 Å². The highest BCUT2D eigenvalue weighted by molar-refractivity contribution is 7.99. The number of esters is 8. The minimum Gasteiger partial charge on any atom is -0.465 e. The molecule has 0 heterocycles. The Balaban J connectivity index is 6.24. The second-order valence-electron chi connectivity index (χ2n) is 19.2. The lowest BCUT2D eigenvalue weighted by Gasteiger charge is -2.32. The standard InChI is InChI=1S/C53H94N2O21S6/c1-4-51(36-71-45(62)10-24-77,37-72-46(63)11-25-78)33-68-42(59)7-16-54-17-20-55(18-8-43(60)69-34-52(5-2,38-73-47(64)12-26-79)39-74-48(65)13-27-80-30-21-56)19-9-44(61)70-35-53(6-3,40-75-49(66)14-28-81-31-22-57)41-76-50(67)15-29-82-32-23-58/h49,54,56-58,66,77-79H,4-41H2,1-3H3/t49-,52?,53?/m0/s1. The number of nitrogens with zero attached hydrogens (tertiary/aromatic N) is 1. The van der Waals surface area contributed by atoms with Gasteiger partial charge < -0.3 is 73.3 Å². The van der Waals surface area contributed by atoms with Gasteiger partial charge in [-0.15, -0.1) is 0 Å². The number of rotatable bonds is 55. The molecule has 0 aromatic carbocycles. The van der Waals surface area contributed by atoms with Gasteiger partial charge in [-0.3, -0.25) is 38.4 Å². The van der Waals surface area contributed by atoms with E-state index >= 15 is 0 Å². The summed E-state index contributed by atoms with van der Waals surface area (Å²) in [6.07, 6.45) is 0.00449. The number of aliphatic hydroxyl groups is 4. The molecule has 0 aliphatic rings. The van der Waals surface area contributed by atoms with Crippen molar-refractivity contribution in [1.82, 2.24) is 10.2 Å². The lowest BCUT2D eigenvalue weighted by Crippen LogP contribution is -2.40. The smallest absolute Gasteiger partial charge is 0.307 e. The first-order valence-electron chi connectivity index (χ1n) is 27.7. The van der Waals surface area contributed by atoms with Gasteiger partial charge in [0.2, 0.25) is 0 Å². The lowest BCUT2D eigenvalue weighted by atomic mass is 9.88. The van der Waals surface area contributed by atoms with Crippen LogP contribution in [-0.2, 0) is 81.0 Å². The van der Waals surface area contributed by atoms with Gasteiger partial charge in [-0.1, -0.05) is 20.8 Å². The van der Waals surface area contributed by atoms with Gasteiger partial charge in [0.05, 0.1) is 94.0 Å². The van der Waals surface area contributed by atoms with Crippen LogP contribution in [0, 0.1) is 16.2 Å². The largest absolute Gasteiger partial charge is 0.465 e. The molecular formula is C53H94N2O21S6. The van der Waals surface area contributed by atoms with Crippen molar-refractivity contribution in [1.29, 1.82) is 0 Å². The van der Waals surface area contributed by atoms with Gasteiger partial charge in [0.25, 0.3) is 0 Å². The molecule has 0 fully saturated rings. The predicted molar refractivity (Wildman–Crippen MR) is 323 cm³/mol. The highest BCUT2D eigenvalue weighted by Crippen LogP contribution is 2.28. The first-order chi connectivity index (χ1) is 39.4. The Bertz CT molecular complexity index is 1760. The van der Waals surface area contributed by atoms with Crippen LogP contribution in [0.4, 0.5) is 0 Å². The predicted octanol–water partition coefficient (Wildman–Crippen LogP) is 3.22. The fraction of sp³-hybridized carbons (Fsp3) is 0.849. The SMILES string of the molecule is CCC(COC(=O)CCS)(COC(=O)CCS)COC(=O)CCNCCN(CCC(=O)OCC(CC)(COC(=O)CCS)COC(=O)CCSCCO)CCC(=O)OCC(CC)(COC(=O)CCSCCO)CO[C@H](O)CCSCCO. The summed E-state index contributed by atoms with van der Waals surface area (Å²) < 4.78 is 50.5. The minimum atomic E-state index is -1.18. The Labute approximate surface area is 513 Å². The number of aliphatic hydroxyl groups excluding tert-OH is 4. The molecule has 2 unspecified atom stereocenters. The Morgan fingerprint density at radius 1 is 0.415 bits per heavy atom. The monoisotopic (exact) mass is 1290 g/mol. The van der Waals surface area contributed by atoms with Crippen LogP contribution >= 0.6 is 73.2 Å². The van der Waals surface area contributed by atoms with E-state index in [0.29, 0.717) is 53.8 Å². The third-order valence-electron chi connectivity index (χ3n) is 12.6. The van der Waals surface area contributed by atoms with Gasteiger partial charge in [-0.2, -0.15) is 73.2 Å². The van der Waals surface area contributed by atoms with Crippen molar-refractivity contribution >= 4 is 121 Å². The molecule has 0 aromatic heterocycles.